The Balaban J connectivity index is 2.47. The van der Waals surface area contributed by atoms with Crippen LogP contribution in [0, 0.1) is 11.3 Å². The number of aliphatic hydroxyl groups excluding tert-OH is 1. The molecule has 0 spiro atoms. The molecule has 0 bridgehead atoms. The van der Waals surface area contributed by atoms with E-state index in [9.17, 15) is 5.11 Å². The Morgan fingerprint density at radius 1 is 1.69 bits per heavy atom. The van der Waals surface area contributed by atoms with Crippen molar-refractivity contribution in [3.63, 3.8) is 0 Å². The van der Waals surface area contributed by atoms with Crippen molar-refractivity contribution < 1.29 is 5.11 Å². The van der Waals surface area contributed by atoms with Gasteiger partial charge in [-0.05, 0) is 12.8 Å². The molecule has 2 atom stereocenters. The molecular formula is C9H19N3O. The lowest BCUT2D eigenvalue weighted by atomic mass is 9.91. The van der Waals surface area contributed by atoms with Gasteiger partial charge in [0.25, 0.3) is 0 Å². The van der Waals surface area contributed by atoms with E-state index in [2.05, 4.69) is 6.92 Å². The molecule has 0 aromatic rings. The number of hydrogen-bond donors (Lipinski definition) is 3. The van der Waals surface area contributed by atoms with Crippen molar-refractivity contribution in [2.24, 2.45) is 11.7 Å². The number of nitrogens with two attached hydrogens (primary N) is 1. The van der Waals surface area contributed by atoms with Crippen molar-refractivity contribution in [1.82, 2.24) is 4.90 Å². The third-order valence-electron chi connectivity index (χ3n) is 2.69. The Morgan fingerprint density at radius 2 is 2.38 bits per heavy atom. The Hall–Kier alpha value is -0.770. The fraction of sp³-hybridized carbons (Fsp3) is 0.889. The molecule has 1 fully saturated rings. The summed E-state index contributed by atoms with van der Waals surface area (Å²) in [4.78, 5) is 1.84. The Labute approximate surface area is 79.2 Å². The van der Waals surface area contributed by atoms with Gasteiger partial charge in [-0.15, -0.1) is 0 Å². The highest BCUT2D eigenvalue weighted by atomic mass is 16.3. The molecule has 1 saturated heterocycles. The van der Waals surface area contributed by atoms with E-state index in [4.69, 9.17) is 11.1 Å². The fourth-order valence-electron chi connectivity index (χ4n) is 1.89. The van der Waals surface area contributed by atoms with E-state index in [1.807, 2.05) is 4.90 Å². The van der Waals surface area contributed by atoms with Gasteiger partial charge in [0.05, 0.1) is 6.10 Å². The van der Waals surface area contributed by atoms with Crippen LogP contribution in [0.2, 0.25) is 0 Å². The molecule has 0 aliphatic carbocycles. The average Bonchev–Trinajstić information content (AvgIpc) is 2.08. The van der Waals surface area contributed by atoms with Crippen LogP contribution >= 0.6 is 0 Å². The van der Waals surface area contributed by atoms with Crippen LogP contribution in [0.5, 0.6) is 0 Å². The lowest BCUT2D eigenvalue weighted by molar-refractivity contribution is 0.0449. The summed E-state index contributed by atoms with van der Waals surface area (Å²) in [7, 11) is 0. The van der Waals surface area contributed by atoms with Gasteiger partial charge in [0.1, 0.15) is 0 Å². The van der Waals surface area contributed by atoms with Crippen molar-refractivity contribution >= 4 is 5.96 Å². The number of rotatable bonds is 2. The zero-order valence-corrected chi connectivity index (χ0v) is 8.16. The van der Waals surface area contributed by atoms with Crippen LogP contribution in [0.1, 0.15) is 26.2 Å². The number of likely N-dealkylation sites (tertiary alicyclic amines) is 1. The lowest BCUT2D eigenvalue weighted by Crippen LogP contribution is -2.48. The number of nitrogens with zero attached hydrogens (tertiary/aromatic N) is 1. The van der Waals surface area contributed by atoms with Crippen LogP contribution in [0.3, 0.4) is 0 Å². The molecule has 0 unspecified atom stereocenters. The molecule has 0 aromatic heterocycles. The minimum absolute atomic E-state index is 0.132. The van der Waals surface area contributed by atoms with E-state index in [0.29, 0.717) is 5.92 Å². The van der Waals surface area contributed by atoms with Crippen LogP contribution in [0.25, 0.3) is 0 Å². The van der Waals surface area contributed by atoms with E-state index in [0.717, 1.165) is 32.4 Å². The summed E-state index contributed by atoms with van der Waals surface area (Å²) in [5, 5.41) is 17.0. The first-order chi connectivity index (χ1) is 6.15. The summed E-state index contributed by atoms with van der Waals surface area (Å²) in [6.07, 6.45) is 2.64. The summed E-state index contributed by atoms with van der Waals surface area (Å²) in [6, 6.07) is 0. The van der Waals surface area contributed by atoms with Gasteiger partial charge in [-0.2, -0.15) is 0 Å². The largest absolute Gasteiger partial charge is 0.393 e. The van der Waals surface area contributed by atoms with Crippen molar-refractivity contribution in [2.75, 3.05) is 13.1 Å². The molecule has 4 nitrogen and oxygen atoms in total. The molecule has 1 aliphatic heterocycles. The molecule has 4 N–H and O–H groups in total. The zero-order chi connectivity index (χ0) is 9.84. The maximum absolute atomic E-state index is 9.66. The SMILES string of the molecule is CCC[C@H]1CN(C(=N)N)CC[C@@H]1O. The summed E-state index contributed by atoms with van der Waals surface area (Å²) in [5.41, 5.74) is 5.40. The predicted molar refractivity (Wildman–Crippen MR) is 52.5 cm³/mol. The molecule has 0 radical (unpaired) electrons. The molecule has 1 rings (SSSR count). The van der Waals surface area contributed by atoms with Gasteiger partial charge in [-0.3, -0.25) is 5.41 Å². The minimum atomic E-state index is -0.199. The molecule has 0 amide bonds. The first kappa shape index (κ1) is 10.3. The molecule has 0 saturated carbocycles. The first-order valence-corrected chi connectivity index (χ1v) is 4.92. The summed E-state index contributed by atoms with van der Waals surface area (Å²) in [6.45, 7) is 3.57. The van der Waals surface area contributed by atoms with Crippen molar-refractivity contribution in [3.8, 4) is 0 Å². The topological polar surface area (TPSA) is 73.3 Å². The van der Waals surface area contributed by atoms with Gasteiger partial charge >= 0.3 is 0 Å². The van der Waals surface area contributed by atoms with E-state index in [-0.39, 0.29) is 12.1 Å². The summed E-state index contributed by atoms with van der Waals surface area (Å²) in [5.74, 6) is 0.427. The third kappa shape index (κ3) is 2.59. The van der Waals surface area contributed by atoms with Gasteiger partial charge in [0.15, 0.2) is 5.96 Å². The van der Waals surface area contributed by atoms with Crippen LogP contribution < -0.4 is 5.73 Å². The fourth-order valence-corrected chi connectivity index (χ4v) is 1.89. The second-order valence-corrected chi connectivity index (χ2v) is 3.74. The van der Waals surface area contributed by atoms with Crippen LogP contribution in [0.15, 0.2) is 0 Å². The van der Waals surface area contributed by atoms with Gasteiger partial charge in [-0.1, -0.05) is 13.3 Å². The van der Waals surface area contributed by atoms with Crippen molar-refractivity contribution in [1.29, 1.82) is 5.41 Å². The van der Waals surface area contributed by atoms with Crippen LogP contribution in [0.4, 0.5) is 0 Å². The van der Waals surface area contributed by atoms with Gasteiger partial charge in [0, 0.05) is 19.0 Å². The molecule has 0 aromatic carbocycles. The molecule has 1 heterocycles. The number of guanidine groups is 1. The summed E-state index contributed by atoms with van der Waals surface area (Å²) >= 11 is 0. The number of nitrogens with one attached hydrogen (secondary N) is 1. The van der Waals surface area contributed by atoms with Crippen molar-refractivity contribution in [3.05, 3.63) is 0 Å². The maximum Gasteiger partial charge on any atom is 0.188 e. The van der Waals surface area contributed by atoms with E-state index < -0.39 is 0 Å². The lowest BCUT2D eigenvalue weighted by Gasteiger charge is -2.36. The molecule has 4 heteroatoms. The quantitative estimate of drug-likeness (QED) is 0.429. The smallest absolute Gasteiger partial charge is 0.188 e. The number of hydrogen-bond acceptors (Lipinski definition) is 2. The van der Waals surface area contributed by atoms with E-state index in [1.165, 1.54) is 0 Å². The van der Waals surface area contributed by atoms with Gasteiger partial charge in [-0.25, -0.2) is 0 Å². The zero-order valence-electron chi connectivity index (χ0n) is 8.16. The predicted octanol–water partition coefficient (Wildman–Crippen LogP) is 0.363. The highest BCUT2D eigenvalue weighted by Gasteiger charge is 2.27. The highest BCUT2D eigenvalue weighted by molar-refractivity contribution is 5.74. The Bertz CT molecular complexity index is 184. The van der Waals surface area contributed by atoms with Crippen LogP contribution in [-0.2, 0) is 0 Å². The molecule has 13 heavy (non-hydrogen) atoms. The molecular weight excluding hydrogens is 166 g/mol. The number of aliphatic hydroxyl groups is 1. The third-order valence-corrected chi connectivity index (χ3v) is 2.69. The Morgan fingerprint density at radius 3 is 2.92 bits per heavy atom. The molecule has 76 valence electrons. The average molecular weight is 185 g/mol. The number of piperidine rings is 1. The second-order valence-electron chi connectivity index (χ2n) is 3.74. The van der Waals surface area contributed by atoms with Gasteiger partial charge in [0.2, 0.25) is 0 Å². The standard InChI is InChI=1S/C9H19N3O/c1-2-3-7-6-12(9(10)11)5-4-8(7)13/h7-8,13H,2-6H2,1H3,(H3,10,11)/t7-,8-/m0/s1. The van der Waals surface area contributed by atoms with Crippen LogP contribution in [-0.4, -0.2) is 35.2 Å². The monoisotopic (exact) mass is 185 g/mol. The van der Waals surface area contributed by atoms with E-state index >= 15 is 0 Å². The first-order valence-electron chi connectivity index (χ1n) is 4.92. The van der Waals surface area contributed by atoms with E-state index in [1.54, 1.807) is 0 Å². The minimum Gasteiger partial charge on any atom is -0.393 e. The summed E-state index contributed by atoms with van der Waals surface area (Å²) < 4.78 is 0. The van der Waals surface area contributed by atoms with Crippen molar-refractivity contribution in [2.45, 2.75) is 32.3 Å². The second kappa shape index (κ2) is 4.46. The Kier molecular flexibility index (Phi) is 3.54. The molecule has 1 aliphatic rings. The normalized spacial score (nSPS) is 28.9. The highest BCUT2D eigenvalue weighted by Crippen LogP contribution is 2.20. The maximum atomic E-state index is 9.66. The van der Waals surface area contributed by atoms with Gasteiger partial charge < -0.3 is 15.7 Å².